The van der Waals surface area contributed by atoms with Crippen molar-refractivity contribution in [3.63, 3.8) is 0 Å². The fourth-order valence-electron chi connectivity index (χ4n) is 9.78. The zero-order chi connectivity index (χ0) is 38.9. The average molecular weight is 746 g/mol. The Morgan fingerprint density at radius 3 is 2.00 bits per heavy atom. The Balaban J connectivity index is 1.05. The van der Waals surface area contributed by atoms with Gasteiger partial charge in [-0.15, -0.1) is 0 Å². The van der Waals surface area contributed by atoms with Gasteiger partial charge in [-0.1, -0.05) is 195 Å². The fraction of sp³-hybridized carbons (Fsp3) is 0.123. The van der Waals surface area contributed by atoms with Gasteiger partial charge in [0.05, 0.1) is 11.5 Å². The van der Waals surface area contributed by atoms with E-state index in [1.54, 1.807) is 0 Å². The molecule has 6 aromatic rings. The van der Waals surface area contributed by atoms with Crippen molar-refractivity contribution in [2.75, 3.05) is 4.90 Å². The van der Waals surface area contributed by atoms with Crippen molar-refractivity contribution < 1.29 is 0 Å². The first-order valence-corrected chi connectivity index (χ1v) is 20.8. The molecule has 6 aromatic carbocycles. The minimum atomic E-state index is -0.356. The van der Waals surface area contributed by atoms with E-state index in [2.05, 4.69) is 211 Å². The van der Waals surface area contributed by atoms with Crippen LogP contribution in [0, 0.1) is 0 Å². The number of anilines is 1. The molecule has 0 bridgehead atoms. The Morgan fingerprint density at radius 2 is 1.26 bits per heavy atom. The van der Waals surface area contributed by atoms with E-state index in [1.165, 1.54) is 72.3 Å². The van der Waals surface area contributed by atoms with Crippen LogP contribution >= 0.6 is 0 Å². The largest absolute Gasteiger partial charge is 0.335 e. The number of nitrogens with zero attached hydrogens (tertiary/aromatic N) is 1. The molecule has 0 radical (unpaired) electrons. The zero-order valence-electron chi connectivity index (χ0n) is 32.9. The van der Waals surface area contributed by atoms with Gasteiger partial charge < -0.3 is 4.90 Å². The summed E-state index contributed by atoms with van der Waals surface area (Å²) < 4.78 is 0. The molecule has 0 spiro atoms. The molecule has 280 valence electrons. The normalized spacial score (nSPS) is 18.9. The number of benzene rings is 6. The van der Waals surface area contributed by atoms with Crippen molar-refractivity contribution in [3.8, 4) is 22.3 Å². The Bertz CT molecular complexity index is 2700. The van der Waals surface area contributed by atoms with Gasteiger partial charge in [0.15, 0.2) is 0 Å². The first-order valence-electron chi connectivity index (χ1n) is 20.8. The second-order valence-corrected chi connectivity index (χ2v) is 15.9. The van der Waals surface area contributed by atoms with Crippen molar-refractivity contribution in [1.82, 2.24) is 0 Å². The highest BCUT2D eigenvalue weighted by Gasteiger charge is 2.41. The van der Waals surface area contributed by atoms with E-state index in [0.29, 0.717) is 0 Å². The maximum Gasteiger partial charge on any atom is 0.0643 e. The number of hydrogen-bond acceptors (Lipinski definition) is 1. The van der Waals surface area contributed by atoms with E-state index < -0.39 is 0 Å². The van der Waals surface area contributed by atoms with Crippen LogP contribution in [-0.4, -0.2) is 6.04 Å². The SMILES string of the molecule is C=C(/C=C\C1=CC(C2=CCCC=C2)(c2ccccc2)c2ccccc21)N(c1ccc(-c2ccccc2-c2ccccc2)cc1)C1C=Cc2ccc3c(c2C1)CCC=C3. The molecule has 0 aromatic heterocycles. The van der Waals surface area contributed by atoms with Gasteiger partial charge in [-0.2, -0.15) is 0 Å². The van der Waals surface area contributed by atoms with Gasteiger partial charge >= 0.3 is 0 Å². The van der Waals surface area contributed by atoms with E-state index in [-0.39, 0.29) is 11.5 Å². The molecule has 0 saturated carbocycles. The molecule has 0 amide bonds. The van der Waals surface area contributed by atoms with E-state index in [9.17, 15) is 0 Å². The van der Waals surface area contributed by atoms with Crippen LogP contribution in [0.15, 0.2) is 212 Å². The Morgan fingerprint density at radius 1 is 0.603 bits per heavy atom. The molecule has 0 N–H and O–H groups in total. The summed E-state index contributed by atoms with van der Waals surface area (Å²) in [4.78, 5) is 2.46. The summed E-state index contributed by atoms with van der Waals surface area (Å²) in [6.07, 6.45) is 28.8. The van der Waals surface area contributed by atoms with Gasteiger partial charge in [0, 0.05) is 11.4 Å². The highest BCUT2D eigenvalue weighted by atomic mass is 15.2. The second kappa shape index (κ2) is 15.3. The standard InChI is InChI=1S/C57H47N/c1-41(29-30-46-40-57(47-20-7-3-8-21-47,48-22-9-4-10-23-48)56-28-16-15-27-54(46)56)58(50-38-35-45-32-31-43-19-11-12-26-53(43)55(45)39-50)49-36-33-44(34-37-49)52-25-14-13-24-51(52)42-17-5-2-6-18-42/h2-3,5-9,11,13-25,27-38,40,50H,1,4,10,12,26,39H2/b30-29-. The summed E-state index contributed by atoms with van der Waals surface area (Å²) in [6, 6.07) is 53.2. The Kier molecular flexibility index (Phi) is 9.44. The van der Waals surface area contributed by atoms with E-state index in [4.69, 9.17) is 6.58 Å². The predicted molar refractivity (Wildman–Crippen MR) is 246 cm³/mol. The van der Waals surface area contributed by atoms with Crippen molar-refractivity contribution in [2.45, 2.75) is 43.6 Å². The van der Waals surface area contributed by atoms with E-state index in [0.717, 1.165) is 43.5 Å². The summed E-state index contributed by atoms with van der Waals surface area (Å²) in [6.45, 7) is 4.83. The van der Waals surface area contributed by atoms with Crippen LogP contribution in [0.3, 0.4) is 0 Å². The third-order valence-corrected chi connectivity index (χ3v) is 12.6. The molecule has 58 heavy (non-hydrogen) atoms. The monoisotopic (exact) mass is 745 g/mol. The van der Waals surface area contributed by atoms with Crippen LogP contribution in [0.4, 0.5) is 5.69 Å². The second-order valence-electron chi connectivity index (χ2n) is 15.9. The summed E-state index contributed by atoms with van der Waals surface area (Å²) in [7, 11) is 0. The first-order chi connectivity index (χ1) is 28.7. The van der Waals surface area contributed by atoms with E-state index >= 15 is 0 Å². The quantitative estimate of drug-likeness (QED) is 0.133. The number of hydrogen-bond donors (Lipinski definition) is 0. The smallest absolute Gasteiger partial charge is 0.0643 e. The van der Waals surface area contributed by atoms with Crippen LogP contribution in [-0.2, 0) is 18.3 Å². The van der Waals surface area contributed by atoms with Gasteiger partial charge in [-0.3, -0.25) is 0 Å². The summed E-state index contributed by atoms with van der Waals surface area (Å²) in [5, 5.41) is 0. The maximum atomic E-state index is 4.83. The van der Waals surface area contributed by atoms with Crippen molar-refractivity contribution in [2.24, 2.45) is 0 Å². The van der Waals surface area contributed by atoms with Crippen LogP contribution in [0.1, 0.15) is 58.2 Å². The molecule has 2 atom stereocenters. The molecular formula is C57H47N. The molecule has 0 saturated heterocycles. The number of rotatable bonds is 9. The highest BCUT2D eigenvalue weighted by Crippen LogP contribution is 2.51. The summed E-state index contributed by atoms with van der Waals surface area (Å²) in [5.74, 6) is 0. The molecule has 1 heteroatoms. The molecule has 1 nitrogen and oxygen atoms in total. The lowest BCUT2D eigenvalue weighted by Crippen LogP contribution is -2.36. The molecule has 4 aliphatic rings. The molecule has 10 rings (SSSR count). The Labute approximate surface area is 343 Å². The molecular weight excluding hydrogens is 699 g/mol. The van der Waals surface area contributed by atoms with Gasteiger partial charge in [0.1, 0.15) is 0 Å². The molecule has 2 unspecified atom stereocenters. The maximum absolute atomic E-state index is 4.83. The lowest BCUT2D eigenvalue weighted by atomic mass is 9.69. The molecule has 0 aliphatic heterocycles. The predicted octanol–water partition coefficient (Wildman–Crippen LogP) is 14.2. The minimum Gasteiger partial charge on any atom is -0.335 e. The number of fused-ring (bicyclic) bond motifs is 4. The summed E-state index contributed by atoms with van der Waals surface area (Å²) >= 11 is 0. The van der Waals surface area contributed by atoms with E-state index in [1.807, 2.05) is 0 Å². The van der Waals surface area contributed by atoms with Crippen LogP contribution in [0.25, 0.3) is 40.0 Å². The first kappa shape index (κ1) is 35.7. The highest BCUT2D eigenvalue weighted by molar-refractivity contribution is 5.88. The topological polar surface area (TPSA) is 3.24 Å². The lowest BCUT2D eigenvalue weighted by Gasteiger charge is -2.36. The van der Waals surface area contributed by atoms with Crippen molar-refractivity contribution in [3.05, 3.63) is 251 Å². The third kappa shape index (κ3) is 6.38. The van der Waals surface area contributed by atoms with Gasteiger partial charge in [-0.05, 0) is 123 Å². The summed E-state index contributed by atoms with van der Waals surface area (Å²) in [5.41, 5.74) is 18.8. The fourth-order valence-corrected chi connectivity index (χ4v) is 9.78. The van der Waals surface area contributed by atoms with Crippen molar-refractivity contribution >= 4 is 23.4 Å². The lowest BCUT2D eigenvalue weighted by molar-refractivity contribution is 0.738. The third-order valence-electron chi connectivity index (χ3n) is 12.6. The van der Waals surface area contributed by atoms with Gasteiger partial charge in [-0.25, -0.2) is 0 Å². The molecule has 0 fully saturated rings. The minimum absolute atomic E-state index is 0.107. The molecule has 0 heterocycles. The zero-order valence-corrected chi connectivity index (χ0v) is 32.9. The number of allylic oxidation sites excluding steroid dienone is 9. The average Bonchev–Trinajstić information content (AvgIpc) is 3.64. The van der Waals surface area contributed by atoms with Crippen LogP contribution < -0.4 is 4.90 Å². The van der Waals surface area contributed by atoms with Gasteiger partial charge in [0.25, 0.3) is 0 Å². The van der Waals surface area contributed by atoms with Crippen LogP contribution in [0.5, 0.6) is 0 Å². The van der Waals surface area contributed by atoms with Crippen LogP contribution in [0.2, 0.25) is 0 Å². The molecule has 4 aliphatic carbocycles. The van der Waals surface area contributed by atoms with Gasteiger partial charge in [0.2, 0.25) is 0 Å². The Hall–Kier alpha value is -6.70. The van der Waals surface area contributed by atoms with Crippen molar-refractivity contribution in [1.29, 1.82) is 0 Å².